The summed E-state index contributed by atoms with van der Waals surface area (Å²) in [6.45, 7) is 19.7. The first-order valence-electron chi connectivity index (χ1n) is 35.3. The van der Waals surface area contributed by atoms with Gasteiger partial charge in [-0.15, -0.1) is 24.7 Å². The van der Waals surface area contributed by atoms with Crippen molar-refractivity contribution >= 4 is 160 Å². The number of halogens is 3. The Bertz CT molecular complexity index is 5360. The van der Waals surface area contributed by atoms with Crippen LogP contribution in [0.5, 0.6) is 0 Å². The molecule has 0 bridgehead atoms. The van der Waals surface area contributed by atoms with Crippen LogP contribution in [0.3, 0.4) is 0 Å². The van der Waals surface area contributed by atoms with Crippen molar-refractivity contribution in [1.82, 2.24) is 98.5 Å². The average Bonchev–Trinajstić information content (AvgIpc) is 1.65. The maximum atomic E-state index is 6.43. The number of nitrogens with zero attached hydrogens (tertiary/aromatic N) is 18. The molecule has 0 spiro atoms. The van der Waals surface area contributed by atoms with Gasteiger partial charge in [-0.05, 0) is 160 Å². The molecule has 0 amide bonds. The maximum Gasteiger partial charge on any atom is 0.175 e. The lowest BCUT2D eigenvalue weighted by Gasteiger charge is -2.11. The second-order valence-electron chi connectivity index (χ2n) is 26.1. The smallest absolute Gasteiger partial charge is 0.175 e. The van der Waals surface area contributed by atoms with Crippen LogP contribution in [-0.2, 0) is 33.2 Å². The van der Waals surface area contributed by atoms with E-state index in [0.717, 1.165) is 155 Å². The van der Waals surface area contributed by atoms with Gasteiger partial charge < -0.3 is 51.8 Å². The Kier molecular flexibility index (Phi) is 28.2. The Morgan fingerprint density at radius 2 is 0.899 bits per heavy atom. The minimum absolute atomic E-state index is 0.382. The quantitative estimate of drug-likeness (QED) is 0.0217. The number of hydrogen-bond donors (Lipinski definition) is 6. The van der Waals surface area contributed by atoms with Crippen molar-refractivity contribution in [3.63, 3.8) is 0 Å². The van der Waals surface area contributed by atoms with Crippen LogP contribution >= 0.6 is 86.2 Å². The second-order valence-corrected chi connectivity index (χ2v) is 32.0. The van der Waals surface area contributed by atoms with Crippen molar-refractivity contribution in [2.45, 2.75) is 172 Å². The second kappa shape index (κ2) is 38.2. The first-order valence-corrected chi connectivity index (χ1v) is 40.2. The largest absolute Gasteiger partial charge is 0.382 e. The molecule has 9 heterocycles. The van der Waals surface area contributed by atoms with Gasteiger partial charge in [0.15, 0.2) is 88.6 Å². The predicted octanol–water partition coefficient (Wildman–Crippen LogP) is 16.6. The highest BCUT2D eigenvalue weighted by Crippen LogP contribution is 2.39. The van der Waals surface area contributed by atoms with Gasteiger partial charge in [-0.1, -0.05) is 144 Å². The van der Waals surface area contributed by atoms with Crippen molar-refractivity contribution in [3.05, 3.63) is 165 Å². The van der Waals surface area contributed by atoms with Crippen molar-refractivity contribution in [1.29, 1.82) is 0 Å². The monoisotopic (exact) mass is 1630 g/mol. The molecule has 1 aliphatic carbocycles. The van der Waals surface area contributed by atoms with E-state index in [1.54, 1.807) is 40.0 Å². The number of nitrogen functional groups attached to an aromatic ring is 4. The molecular weight excluding hydrogens is 1550 g/mol. The molecule has 562 valence electrons. The van der Waals surface area contributed by atoms with Crippen LogP contribution in [0.15, 0.2) is 173 Å². The molecule has 13 aromatic rings. The summed E-state index contributed by atoms with van der Waals surface area (Å²) in [5.41, 5.74) is 37.7. The third-order valence-electron chi connectivity index (χ3n) is 17.1. The van der Waals surface area contributed by atoms with Gasteiger partial charge in [0, 0.05) is 104 Å². The Hall–Kier alpha value is -9.53. The summed E-state index contributed by atoms with van der Waals surface area (Å²) in [6, 6.07) is 25.6. The lowest BCUT2D eigenvalue weighted by molar-refractivity contribution is 0.525. The van der Waals surface area contributed by atoms with Gasteiger partial charge in [0.05, 0.1) is 6.20 Å². The summed E-state index contributed by atoms with van der Waals surface area (Å²) in [5.74, 6) is 6.91. The van der Waals surface area contributed by atoms with E-state index >= 15 is 0 Å². The molecule has 31 heteroatoms. The summed E-state index contributed by atoms with van der Waals surface area (Å²) in [4.78, 5) is 56.9. The Morgan fingerprint density at radius 3 is 1.28 bits per heavy atom. The van der Waals surface area contributed by atoms with Crippen molar-refractivity contribution in [2.75, 3.05) is 36.0 Å². The van der Waals surface area contributed by atoms with E-state index in [1.807, 2.05) is 43.7 Å². The Morgan fingerprint density at radius 1 is 0.495 bits per heavy atom. The molecule has 0 fully saturated rings. The van der Waals surface area contributed by atoms with E-state index in [1.165, 1.54) is 59.3 Å². The molecule has 0 saturated heterocycles. The number of hydrogen-bond acceptors (Lipinski definition) is 23. The highest BCUT2D eigenvalue weighted by molar-refractivity contribution is 9.10. The molecule has 4 aromatic carbocycles. The van der Waals surface area contributed by atoms with Crippen LogP contribution in [0.25, 0.3) is 61.4 Å². The first kappa shape index (κ1) is 80.5. The summed E-state index contributed by atoms with van der Waals surface area (Å²) in [5, 5.41) is 15.9. The van der Waals surface area contributed by atoms with Crippen molar-refractivity contribution in [2.24, 2.45) is 7.05 Å². The number of imidazole rings is 4. The van der Waals surface area contributed by atoms with Gasteiger partial charge in [0.25, 0.3) is 0 Å². The number of allylic oxidation sites excluding steroid dienone is 4. The first-order chi connectivity index (χ1) is 52.6. The SMILES string of the molecule is C#CCCCn1c(Sc2ccc(C)c(Br)c2)nc2c(N)ncnc21.C#CCCCn1c(Sc2ccc(C)c(C)c2)nc2c(N)ncnc21.CC(C)NCCCn1c(Sc2cc(Cl)cc(-c3cnn(C)c3)c2)nc2c(N)ncnc21.CC(C)NCCCn1c(Sc2cc(Cl)cc(C3=CCC=C3)c2)nc2c(N)ncnc21. The minimum Gasteiger partial charge on any atom is -0.382 e. The predicted molar refractivity (Wildman–Crippen MR) is 449 cm³/mol. The summed E-state index contributed by atoms with van der Waals surface area (Å²) in [7, 11) is 1.89. The van der Waals surface area contributed by atoms with Crippen LogP contribution in [0, 0.1) is 45.5 Å². The highest BCUT2D eigenvalue weighted by Gasteiger charge is 2.22. The molecule has 0 radical (unpaired) electrons. The van der Waals surface area contributed by atoms with E-state index in [2.05, 4.69) is 227 Å². The lowest BCUT2D eigenvalue weighted by atomic mass is 10.1. The fourth-order valence-corrected chi connectivity index (χ4v) is 16.5. The molecule has 24 nitrogen and oxygen atoms in total. The summed E-state index contributed by atoms with van der Waals surface area (Å²) < 4.78 is 11.2. The fourth-order valence-electron chi connectivity index (χ4n) is 11.4. The molecule has 0 unspecified atom stereocenters. The number of terminal acetylenes is 2. The zero-order valence-corrected chi connectivity index (χ0v) is 68.1. The maximum absolute atomic E-state index is 6.43. The van der Waals surface area contributed by atoms with Crippen molar-refractivity contribution in [3.8, 4) is 35.8 Å². The van der Waals surface area contributed by atoms with Crippen LogP contribution in [-0.4, -0.2) is 113 Å². The average molecular weight is 1640 g/mol. The molecule has 0 saturated carbocycles. The number of benzene rings is 4. The van der Waals surface area contributed by atoms with Gasteiger partial charge in [-0.3, -0.25) is 4.68 Å². The van der Waals surface area contributed by atoms with Crippen LogP contribution in [0.4, 0.5) is 23.3 Å². The number of fused-ring (bicyclic) bond motifs is 4. The van der Waals surface area contributed by atoms with Crippen LogP contribution in [0.1, 0.15) is 94.9 Å². The van der Waals surface area contributed by atoms with E-state index in [4.69, 9.17) is 69.0 Å². The molecule has 9 aromatic heterocycles. The fraction of sp³-hybridized carbons (Fsp3) is 0.295. The van der Waals surface area contributed by atoms with Crippen LogP contribution < -0.4 is 33.6 Å². The number of nitrogens with one attached hydrogen (secondary N) is 2. The van der Waals surface area contributed by atoms with Gasteiger partial charge in [0.1, 0.15) is 25.3 Å². The highest BCUT2D eigenvalue weighted by atomic mass is 79.9. The number of aryl methyl sites for hydroxylation is 8. The third kappa shape index (κ3) is 21.1. The number of unbranched alkanes of at least 4 members (excludes halogenated alkanes) is 2. The number of anilines is 4. The Labute approximate surface area is 669 Å². The lowest BCUT2D eigenvalue weighted by Crippen LogP contribution is -2.24. The molecule has 0 atom stereocenters. The van der Waals surface area contributed by atoms with E-state index in [-0.39, 0.29) is 0 Å². The number of rotatable bonds is 26. The van der Waals surface area contributed by atoms with Gasteiger partial charge >= 0.3 is 0 Å². The van der Waals surface area contributed by atoms with E-state index < -0.39 is 0 Å². The molecule has 0 aliphatic heterocycles. The van der Waals surface area contributed by atoms with E-state index in [9.17, 15) is 0 Å². The van der Waals surface area contributed by atoms with Crippen molar-refractivity contribution < 1.29 is 0 Å². The topological polar surface area (TPSA) is 320 Å². The standard InChI is InChI=1S/C22H25ClN6S.C21H25ClN8S.C18H19N5S.C17H16BrN5S/c1-14(2)25-8-5-9-29-21-19(20(24)26-13-27-21)28-22(29)30-18-11-16(10-17(23)12-18)15-6-3-4-7-15;1-13(2)24-5-4-6-30-20-18(19(23)25-12-26-20)28-21(30)31-17-8-14(7-16(22)9-17)15-10-27-29(3)11-15;1-4-5-6-9-23-17-15(16(19)20-11-21-17)22-18(23)24-14-8-7-12(2)13(3)10-14;1-3-4-5-8-23-16-14(15(19)20-10-21-16)22-17(23)24-12-7-6-11(2)13(18)9-12/h3,6-7,10-14,25H,4-5,8-9H2,1-2H3,(H2,24,26,27);7-13,24H,4-6H2,1-3H3,(H2,23,25,26);1,7-8,10-11H,5-6,9H2,2-3H3,(H2,19,20,21);1,6-7,9-10H,4-5,8H2,2H3,(H2,19,20,21). The van der Waals surface area contributed by atoms with Gasteiger partial charge in [-0.25, -0.2) is 59.8 Å². The molecule has 1 aliphatic rings. The molecule has 109 heavy (non-hydrogen) atoms. The third-order valence-corrected chi connectivity index (χ3v) is 22.3. The molecule has 14 rings (SSSR count). The number of nitrogens with two attached hydrogens (primary N) is 4. The van der Waals surface area contributed by atoms with Crippen LogP contribution in [0.2, 0.25) is 10.0 Å². The Balaban J connectivity index is 0.000000145. The zero-order valence-electron chi connectivity index (χ0n) is 61.8. The summed E-state index contributed by atoms with van der Waals surface area (Å²) >= 11 is 22.7. The minimum atomic E-state index is 0.382. The number of aromatic nitrogens is 18. The van der Waals surface area contributed by atoms with E-state index in [0.29, 0.717) is 80.3 Å². The molecule has 10 N–H and O–H groups in total. The zero-order chi connectivity index (χ0) is 77.3. The van der Waals surface area contributed by atoms with Gasteiger partial charge in [0.2, 0.25) is 0 Å². The normalized spacial score (nSPS) is 11.8. The van der Waals surface area contributed by atoms with Gasteiger partial charge in [-0.2, -0.15) is 5.10 Å². The molecular formula is C78H85BrCl2N24S4. The summed E-state index contributed by atoms with van der Waals surface area (Å²) in [6.07, 6.45) is 32.9.